The summed E-state index contributed by atoms with van der Waals surface area (Å²) in [6.07, 6.45) is 0. The molecule has 0 bridgehead atoms. The molecule has 12 rings (SSSR count). The lowest BCUT2D eigenvalue weighted by Gasteiger charge is -2.12. The van der Waals surface area contributed by atoms with Crippen LogP contribution in [0.5, 0.6) is 0 Å². The minimum atomic E-state index is 0.670. The first-order valence-electron chi connectivity index (χ1n) is 18.6. The highest BCUT2D eigenvalue weighted by Crippen LogP contribution is 2.48. The van der Waals surface area contributed by atoms with Gasteiger partial charge < -0.3 is 4.57 Å². The van der Waals surface area contributed by atoms with Crippen molar-refractivity contribution in [1.29, 1.82) is 0 Å². The smallest absolute Gasteiger partial charge is 0.235 e. The van der Waals surface area contributed by atoms with E-state index < -0.39 is 0 Å². The fraction of sp³-hybridized carbons (Fsp3) is 0. The maximum absolute atomic E-state index is 5.42. The Morgan fingerprint density at radius 3 is 1.75 bits per heavy atom. The largest absolute Gasteiger partial charge is 0.309 e. The molecule has 12 aromatic rings. The third-order valence-corrected chi connectivity index (χ3v) is 12.3. The zero-order valence-electron chi connectivity index (χ0n) is 29.5. The van der Waals surface area contributed by atoms with E-state index in [1.54, 1.807) is 0 Å². The quantitative estimate of drug-likeness (QED) is 0.182. The number of hydrogen-bond acceptors (Lipinski definition) is 3. The van der Waals surface area contributed by atoms with Crippen LogP contribution in [-0.2, 0) is 0 Å². The number of rotatable bonds is 4. The Labute approximate surface area is 319 Å². The van der Waals surface area contributed by atoms with Crippen molar-refractivity contribution in [2.45, 2.75) is 0 Å². The number of nitrogens with zero attached hydrogens (tertiary/aromatic N) is 4. The third kappa shape index (κ3) is 4.45. The number of aromatic nitrogens is 4. The fourth-order valence-electron chi connectivity index (χ4n) is 8.76. The third-order valence-electron chi connectivity index (χ3n) is 11.1. The van der Waals surface area contributed by atoms with E-state index in [9.17, 15) is 0 Å². The van der Waals surface area contributed by atoms with Crippen molar-refractivity contribution in [1.82, 2.24) is 19.1 Å². The molecule has 0 spiro atoms. The van der Waals surface area contributed by atoms with E-state index in [4.69, 9.17) is 9.97 Å². The average Bonchev–Trinajstić information content (AvgIpc) is 3.91. The number of benzene rings is 8. The summed E-state index contributed by atoms with van der Waals surface area (Å²) in [5.74, 6) is 0.670. The Kier molecular flexibility index (Phi) is 6.47. The monoisotopic (exact) mass is 718 g/mol. The van der Waals surface area contributed by atoms with Crippen molar-refractivity contribution in [3.05, 3.63) is 182 Å². The van der Waals surface area contributed by atoms with Crippen molar-refractivity contribution < 1.29 is 0 Å². The lowest BCUT2D eigenvalue weighted by molar-refractivity contribution is 1.02. The number of thiophene rings is 1. The maximum Gasteiger partial charge on any atom is 0.235 e. The van der Waals surface area contributed by atoms with Crippen molar-refractivity contribution in [2.75, 3.05) is 0 Å². The molecule has 0 unspecified atom stereocenters. The molecule has 0 saturated heterocycles. The van der Waals surface area contributed by atoms with Crippen molar-refractivity contribution in [3.63, 3.8) is 0 Å². The second kappa shape index (κ2) is 11.7. The van der Waals surface area contributed by atoms with Gasteiger partial charge in [0.1, 0.15) is 0 Å². The number of para-hydroxylation sites is 3. The highest BCUT2D eigenvalue weighted by atomic mass is 32.1. The summed E-state index contributed by atoms with van der Waals surface area (Å²) in [6.45, 7) is 0. The fourth-order valence-corrected chi connectivity index (χ4v) is 9.87. The molecule has 4 heterocycles. The maximum atomic E-state index is 5.42. The molecule has 55 heavy (non-hydrogen) atoms. The van der Waals surface area contributed by atoms with Gasteiger partial charge in [0.25, 0.3) is 0 Å². The highest BCUT2D eigenvalue weighted by molar-refractivity contribution is 7.26. The molecule has 0 amide bonds. The second-order valence-electron chi connectivity index (χ2n) is 14.1. The molecule has 0 fully saturated rings. The van der Waals surface area contributed by atoms with E-state index in [2.05, 4.69) is 191 Å². The zero-order chi connectivity index (χ0) is 36.0. The van der Waals surface area contributed by atoms with E-state index in [1.165, 1.54) is 63.9 Å². The van der Waals surface area contributed by atoms with Crippen LogP contribution in [0.15, 0.2) is 182 Å². The molecule has 0 aliphatic carbocycles. The molecule has 4 nitrogen and oxygen atoms in total. The van der Waals surface area contributed by atoms with Gasteiger partial charge in [0.05, 0.1) is 33.3 Å². The summed E-state index contributed by atoms with van der Waals surface area (Å²) in [7, 11) is 0. The molecule has 0 aliphatic rings. The van der Waals surface area contributed by atoms with Crippen LogP contribution in [0.3, 0.4) is 0 Å². The normalized spacial score (nSPS) is 12.0. The lowest BCUT2D eigenvalue weighted by atomic mass is 10.0. The molecule has 0 N–H and O–H groups in total. The molecular weight excluding hydrogens is 689 g/mol. The summed E-state index contributed by atoms with van der Waals surface area (Å²) >= 11 is 1.86. The SMILES string of the molecule is c1ccc(-c2ccc(-n3c4ccccc4c4c5c(ccc43)sc3ccc4c6ccccc6n(-c6nc(-c7ccccc7)c7ccccc7n6)c4c35)cc2)cc1. The second-order valence-corrected chi connectivity index (χ2v) is 15.2. The van der Waals surface area contributed by atoms with E-state index in [0.717, 1.165) is 38.9 Å². The molecule has 0 aliphatic heterocycles. The van der Waals surface area contributed by atoms with Crippen LogP contribution < -0.4 is 0 Å². The van der Waals surface area contributed by atoms with Gasteiger partial charge in [-0.25, -0.2) is 9.97 Å². The van der Waals surface area contributed by atoms with E-state index >= 15 is 0 Å². The van der Waals surface area contributed by atoms with Gasteiger partial charge in [0, 0.05) is 58.4 Å². The minimum absolute atomic E-state index is 0.670. The van der Waals surface area contributed by atoms with Crippen LogP contribution in [0.25, 0.3) is 109 Å². The Morgan fingerprint density at radius 2 is 0.964 bits per heavy atom. The summed E-state index contributed by atoms with van der Waals surface area (Å²) < 4.78 is 7.25. The predicted octanol–water partition coefficient (Wildman–Crippen LogP) is 13.5. The molecule has 5 heteroatoms. The molecule has 0 saturated carbocycles. The first kappa shape index (κ1) is 30.4. The van der Waals surface area contributed by atoms with Gasteiger partial charge in [0.15, 0.2) is 0 Å². The van der Waals surface area contributed by atoms with Gasteiger partial charge in [0.2, 0.25) is 5.95 Å². The van der Waals surface area contributed by atoms with Crippen LogP contribution in [0.2, 0.25) is 0 Å². The Hall–Kier alpha value is -7.08. The zero-order valence-corrected chi connectivity index (χ0v) is 30.3. The van der Waals surface area contributed by atoms with Gasteiger partial charge >= 0.3 is 0 Å². The van der Waals surface area contributed by atoms with Gasteiger partial charge in [-0.15, -0.1) is 11.3 Å². The van der Waals surface area contributed by atoms with Gasteiger partial charge in [-0.05, 0) is 59.7 Å². The molecule has 0 atom stereocenters. The van der Waals surface area contributed by atoms with Crippen LogP contribution in [-0.4, -0.2) is 19.1 Å². The lowest BCUT2D eigenvalue weighted by Crippen LogP contribution is -2.03. The van der Waals surface area contributed by atoms with Crippen LogP contribution in [0, 0.1) is 0 Å². The van der Waals surface area contributed by atoms with Crippen molar-refractivity contribution >= 4 is 86.0 Å². The number of hydrogen-bond donors (Lipinski definition) is 0. The summed E-state index contributed by atoms with van der Waals surface area (Å²) in [4.78, 5) is 10.7. The van der Waals surface area contributed by atoms with Gasteiger partial charge in [-0.3, -0.25) is 4.57 Å². The highest BCUT2D eigenvalue weighted by Gasteiger charge is 2.24. The van der Waals surface area contributed by atoms with Crippen molar-refractivity contribution in [3.8, 4) is 34.0 Å². The molecule has 4 aromatic heterocycles. The van der Waals surface area contributed by atoms with Crippen molar-refractivity contribution in [2.24, 2.45) is 0 Å². The molecular formula is C50H30N4S. The Bertz CT molecular complexity index is 3470. The first-order valence-corrected chi connectivity index (χ1v) is 19.4. The first-order chi connectivity index (χ1) is 27.3. The number of fused-ring (bicyclic) bond motifs is 12. The minimum Gasteiger partial charge on any atom is -0.309 e. The Balaban J connectivity index is 1.20. The van der Waals surface area contributed by atoms with E-state index in [0.29, 0.717) is 5.95 Å². The predicted molar refractivity (Wildman–Crippen MR) is 232 cm³/mol. The van der Waals surface area contributed by atoms with E-state index in [-0.39, 0.29) is 0 Å². The van der Waals surface area contributed by atoms with Gasteiger partial charge in [-0.2, -0.15) is 0 Å². The summed E-state index contributed by atoms with van der Waals surface area (Å²) in [5, 5.41) is 8.42. The molecule has 0 radical (unpaired) electrons. The van der Waals surface area contributed by atoms with Crippen LogP contribution in [0.4, 0.5) is 0 Å². The Morgan fingerprint density at radius 1 is 0.364 bits per heavy atom. The standard InChI is InChI=1S/C50H30N4S/c1-3-13-31(14-4-1)32-23-25-34(26-24-32)53-41-22-12-9-19-38(41)45-42(53)28-30-43-46(45)47-44(55-43)29-27-36-35-17-8-11-21-40(35)54(49(36)47)50-51-39-20-10-7-18-37(39)48(52-50)33-15-5-2-6-16-33/h1-30H. The van der Waals surface area contributed by atoms with E-state index in [1.807, 2.05) is 11.3 Å². The van der Waals surface area contributed by atoms with Crippen LogP contribution in [0.1, 0.15) is 0 Å². The molecule has 8 aromatic carbocycles. The molecule has 256 valence electrons. The summed E-state index contributed by atoms with van der Waals surface area (Å²) in [5.41, 5.74) is 11.1. The van der Waals surface area contributed by atoms with Crippen LogP contribution >= 0.6 is 11.3 Å². The van der Waals surface area contributed by atoms with Gasteiger partial charge in [-0.1, -0.05) is 133 Å². The average molecular weight is 719 g/mol. The topological polar surface area (TPSA) is 35.6 Å². The summed E-state index contributed by atoms with van der Waals surface area (Å²) in [6, 6.07) is 65.1.